The van der Waals surface area contributed by atoms with Gasteiger partial charge in [0.05, 0.1) is 12.2 Å². The molecule has 0 bridgehead atoms. The number of hydrogen-bond donors (Lipinski definition) is 2. The highest BCUT2D eigenvalue weighted by Gasteiger charge is 2.16. The zero-order valence-corrected chi connectivity index (χ0v) is 9.30. The van der Waals surface area contributed by atoms with Gasteiger partial charge in [-0.1, -0.05) is 6.92 Å². The molecule has 16 heavy (non-hydrogen) atoms. The van der Waals surface area contributed by atoms with Crippen LogP contribution < -0.4 is 10.5 Å². The summed E-state index contributed by atoms with van der Waals surface area (Å²) in [5, 5.41) is 8.81. The van der Waals surface area contributed by atoms with Crippen LogP contribution in [0.2, 0.25) is 0 Å². The van der Waals surface area contributed by atoms with Gasteiger partial charge in [0.15, 0.2) is 0 Å². The van der Waals surface area contributed by atoms with Crippen molar-refractivity contribution in [2.24, 2.45) is 5.92 Å². The number of H-pyrrole nitrogens is 1. The van der Waals surface area contributed by atoms with Crippen LogP contribution >= 0.6 is 0 Å². The summed E-state index contributed by atoms with van der Waals surface area (Å²) in [7, 11) is 0. The van der Waals surface area contributed by atoms with Crippen molar-refractivity contribution in [3.63, 3.8) is 0 Å². The number of aliphatic carboxylic acids is 1. The first-order valence-corrected chi connectivity index (χ1v) is 5.07. The Labute approximate surface area is 92.9 Å². The summed E-state index contributed by atoms with van der Waals surface area (Å²) in [5.41, 5.74) is -0.244. The van der Waals surface area contributed by atoms with Gasteiger partial charge >= 0.3 is 5.97 Å². The first-order valence-electron chi connectivity index (χ1n) is 5.07. The summed E-state index contributed by atoms with van der Waals surface area (Å²) >= 11 is 0. The summed E-state index contributed by atoms with van der Waals surface area (Å²) < 4.78 is 0. The van der Waals surface area contributed by atoms with E-state index in [4.69, 9.17) is 5.11 Å². The van der Waals surface area contributed by atoms with E-state index in [0.29, 0.717) is 18.9 Å². The standard InChI is InChI=1S/C10H15N3O3/c1-3-13(5-7(2)10(15)16)8-4-9(14)12-6-11-8/h4,6-7H,3,5H2,1-2H3,(H,15,16)(H,11,12,14). The van der Waals surface area contributed by atoms with Crippen LogP contribution in [-0.4, -0.2) is 34.1 Å². The maximum atomic E-state index is 11.1. The van der Waals surface area contributed by atoms with Gasteiger partial charge in [-0.3, -0.25) is 9.59 Å². The third-order valence-corrected chi connectivity index (χ3v) is 2.29. The van der Waals surface area contributed by atoms with Crippen molar-refractivity contribution >= 4 is 11.8 Å². The van der Waals surface area contributed by atoms with Crippen molar-refractivity contribution in [3.05, 3.63) is 22.7 Å². The predicted molar refractivity (Wildman–Crippen MR) is 59.5 cm³/mol. The Kier molecular flexibility index (Phi) is 4.04. The Morgan fingerprint density at radius 1 is 1.69 bits per heavy atom. The third kappa shape index (κ3) is 3.08. The molecule has 0 saturated heterocycles. The molecule has 1 atom stereocenters. The van der Waals surface area contributed by atoms with Crippen LogP contribution in [0.3, 0.4) is 0 Å². The summed E-state index contributed by atoms with van der Waals surface area (Å²) in [5.74, 6) is -0.858. The smallest absolute Gasteiger partial charge is 0.308 e. The number of anilines is 1. The Morgan fingerprint density at radius 3 is 2.88 bits per heavy atom. The number of hydrogen-bond acceptors (Lipinski definition) is 4. The molecule has 1 aromatic rings. The fourth-order valence-corrected chi connectivity index (χ4v) is 1.32. The van der Waals surface area contributed by atoms with E-state index < -0.39 is 11.9 Å². The number of nitrogens with zero attached hydrogens (tertiary/aromatic N) is 2. The molecule has 0 aliphatic heterocycles. The first kappa shape index (κ1) is 12.2. The van der Waals surface area contributed by atoms with Gasteiger partial charge in [-0.2, -0.15) is 0 Å². The molecule has 0 saturated carbocycles. The van der Waals surface area contributed by atoms with E-state index in [9.17, 15) is 9.59 Å². The predicted octanol–water partition coefficient (Wildman–Crippen LogP) is 0.317. The molecular formula is C10H15N3O3. The number of carbonyl (C=O) groups is 1. The van der Waals surface area contributed by atoms with Gasteiger partial charge in [0, 0.05) is 19.2 Å². The molecule has 88 valence electrons. The lowest BCUT2D eigenvalue weighted by atomic mass is 10.1. The molecule has 0 amide bonds. The molecule has 1 aromatic heterocycles. The largest absolute Gasteiger partial charge is 0.481 e. The number of aromatic amines is 1. The maximum absolute atomic E-state index is 11.1. The van der Waals surface area contributed by atoms with E-state index in [1.165, 1.54) is 12.4 Å². The zero-order chi connectivity index (χ0) is 12.1. The number of aromatic nitrogens is 2. The lowest BCUT2D eigenvalue weighted by Crippen LogP contribution is -2.33. The second-order valence-electron chi connectivity index (χ2n) is 3.55. The molecule has 0 spiro atoms. The van der Waals surface area contributed by atoms with Crippen LogP contribution in [0.4, 0.5) is 5.82 Å². The summed E-state index contributed by atoms with van der Waals surface area (Å²) in [4.78, 5) is 30.0. The monoisotopic (exact) mass is 225 g/mol. The number of nitrogens with one attached hydrogen (secondary N) is 1. The van der Waals surface area contributed by atoms with Crippen molar-refractivity contribution in [1.29, 1.82) is 0 Å². The van der Waals surface area contributed by atoms with Crippen LogP contribution in [0.15, 0.2) is 17.2 Å². The topological polar surface area (TPSA) is 86.3 Å². The van der Waals surface area contributed by atoms with Gasteiger partial charge in [-0.15, -0.1) is 0 Å². The van der Waals surface area contributed by atoms with E-state index in [1.54, 1.807) is 11.8 Å². The van der Waals surface area contributed by atoms with Gasteiger partial charge in [-0.05, 0) is 6.92 Å². The van der Waals surface area contributed by atoms with Crippen LogP contribution in [0.25, 0.3) is 0 Å². The minimum atomic E-state index is -0.858. The van der Waals surface area contributed by atoms with Crippen molar-refractivity contribution in [1.82, 2.24) is 9.97 Å². The Morgan fingerprint density at radius 2 is 2.38 bits per heavy atom. The highest BCUT2D eigenvalue weighted by molar-refractivity contribution is 5.70. The normalized spacial score (nSPS) is 12.1. The first-order chi connectivity index (χ1) is 7.54. The molecule has 6 nitrogen and oxygen atoms in total. The third-order valence-electron chi connectivity index (χ3n) is 2.29. The van der Waals surface area contributed by atoms with Crippen molar-refractivity contribution in [3.8, 4) is 0 Å². The molecule has 0 aliphatic carbocycles. The number of rotatable bonds is 5. The number of carboxylic acids is 1. The molecule has 1 heterocycles. The molecule has 6 heteroatoms. The summed E-state index contributed by atoms with van der Waals surface area (Å²) in [6.45, 7) is 4.45. The molecule has 0 aromatic carbocycles. The van der Waals surface area contributed by atoms with E-state index in [0.717, 1.165) is 0 Å². The molecule has 1 unspecified atom stereocenters. The lowest BCUT2D eigenvalue weighted by molar-refractivity contribution is -0.140. The minimum absolute atomic E-state index is 0.244. The van der Waals surface area contributed by atoms with Crippen LogP contribution in [0.1, 0.15) is 13.8 Å². The van der Waals surface area contributed by atoms with Crippen molar-refractivity contribution in [2.45, 2.75) is 13.8 Å². The second-order valence-corrected chi connectivity index (χ2v) is 3.55. The second kappa shape index (κ2) is 5.29. The van der Waals surface area contributed by atoms with E-state index in [2.05, 4.69) is 9.97 Å². The highest BCUT2D eigenvalue weighted by Crippen LogP contribution is 2.09. The molecular weight excluding hydrogens is 210 g/mol. The Balaban J connectivity index is 2.82. The summed E-state index contributed by atoms with van der Waals surface area (Å²) in [6.07, 6.45) is 1.31. The van der Waals surface area contributed by atoms with Gasteiger partial charge in [0.25, 0.3) is 5.56 Å². The fourth-order valence-electron chi connectivity index (χ4n) is 1.32. The fraction of sp³-hybridized carbons (Fsp3) is 0.500. The van der Waals surface area contributed by atoms with E-state index in [-0.39, 0.29) is 5.56 Å². The van der Waals surface area contributed by atoms with Gasteiger partial charge in [0.2, 0.25) is 0 Å². The average molecular weight is 225 g/mol. The van der Waals surface area contributed by atoms with Crippen molar-refractivity contribution < 1.29 is 9.90 Å². The molecule has 0 radical (unpaired) electrons. The van der Waals surface area contributed by atoms with Crippen LogP contribution in [0, 0.1) is 5.92 Å². The van der Waals surface area contributed by atoms with Gasteiger partial charge in [-0.25, -0.2) is 4.98 Å². The van der Waals surface area contributed by atoms with Gasteiger partial charge < -0.3 is 15.0 Å². The van der Waals surface area contributed by atoms with Crippen LogP contribution in [0.5, 0.6) is 0 Å². The quantitative estimate of drug-likeness (QED) is 0.753. The average Bonchev–Trinajstić information content (AvgIpc) is 2.25. The Bertz CT molecular complexity index is 416. The highest BCUT2D eigenvalue weighted by atomic mass is 16.4. The number of carboxylic acid groups (broad SMARTS) is 1. The van der Waals surface area contributed by atoms with Crippen LogP contribution in [-0.2, 0) is 4.79 Å². The minimum Gasteiger partial charge on any atom is -0.481 e. The van der Waals surface area contributed by atoms with E-state index in [1.807, 2.05) is 6.92 Å². The molecule has 1 rings (SSSR count). The van der Waals surface area contributed by atoms with Gasteiger partial charge in [0.1, 0.15) is 5.82 Å². The molecule has 0 fully saturated rings. The lowest BCUT2D eigenvalue weighted by Gasteiger charge is -2.23. The van der Waals surface area contributed by atoms with Crippen molar-refractivity contribution in [2.75, 3.05) is 18.0 Å². The maximum Gasteiger partial charge on any atom is 0.308 e. The molecule has 0 aliphatic rings. The molecule has 2 N–H and O–H groups in total. The SMILES string of the molecule is CCN(CC(C)C(=O)O)c1cc(=O)[nH]cn1. The Hall–Kier alpha value is -1.85. The zero-order valence-electron chi connectivity index (χ0n) is 9.30. The van der Waals surface area contributed by atoms with E-state index >= 15 is 0 Å². The summed E-state index contributed by atoms with van der Waals surface area (Å²) in [6, 6.07) is 1.36.